The van der Waals surface area contributed by atoms with Crippen molar-refractivity contribution in [3.8, 4) is 0 Å². The molecule has 1 N–H and O–H groups in total. The number of hydrogen-bond donors (Lipinski definition) is 1. The minimum atomic E-state index is -0.856. The number of nitrogens with zero attached hydrogens (tertiary/aromatic N) is 3. The van der Waals surface area contributed by atoms with E-state index < -0.39 is 5.97 Å². The summed E-state index contributed by atoms with van der Waals surface area (Å²) >= 11 is 0. The molecule has 0 saturated carbocycles. The van der Waals surface area contributed by atoms with Gasteiger partial charge in [-0.05, 0) is 33.2 Å². The number of hydrogen-bond acceptors (Lipinski definition) is 3. The van der Waals surface area contributed by atoms with Crippen LogP contribution in [0.15, 0.2) is 0 Å². The predicted octanol–water partition coefficient (Wildman–Crippen LogP) is 1.46. The van der Waals surface area contributed by atoms with Gasteiger partial charge in [0.15, 0.2) is 0 Å². The summed E-state index contributed by atoms with van der Waals surface area (Å²) in [5, 5.41) is 8.92. The van der Waals surface area contributed by atoms with Gasteiger partial charge in [0.25, 0.3) is 0 Å². The third-order valence-electron chi connectivity index (χ3n) is 4.70. The third kappa shape index (κ3) is 3.87. The van der Waals surface area contributed by atoms with Crippen molar-refractivity contribution in [3.63, 3.8) is 0 Å². The molecular weight excluding hydrogens is 270 g/mol. The predicted molar refractivity (Wildman–Crippen MR) is 80.3 cm³/mol. The number of rotatable bonds is 4. The topological polar surface area (TPSA) is 64.1 Å². The van der Waals surface area contributed by atoms with Gasteiger partial charge in [0.05, 0.1) is 6.42 Å². The van der Waals surface area contributed by atoms with Gasteiger partial charge in [-0.15, -0.1) is 0 Å². The number of aliphatic carboxylic acids is 1. The molecule has 2 aliphatic rings. The van der Waals surface area contributed by atoms with Crippen molar-refractivity contribution in [1.29, 1.82) is 0 Å². The summed E-state index contributed by atoms with van der Waals surface area (Å²) in [6, 6.07) is 0.228. The minimum Gasteiger partial charge on any atom is -0.481 e. The zero-order valence-electron chi connectivity index (χ0n) is 13.1. The molecule has 2 rings (SSSR count). The maximum absolute atomic E-state index is 12.7. The van der Waals surface area contributed by atoms with Crippen LogP contribution in [0.2, 0.25) is 0 Å². The first-order chi connectivity index (χ1) is 10.0. The van der Waals surface area contributed by atoms with Gasteiger partial charge in [-0.2, -0.15) is 0 Å². The molecule has 2 fully saturated rings. The molecular formula is C15H27N3O3. The number of carbonyl (C=O) groups is 2. The van der Waals surface area contributed by atoms with E-state index in [4.69, 9.17) is 5.11 Å². The first-order valence-electron chi connectivity index (χ1n) is 8.04. The zero-order chi connectivity index (χ0) is 15.4. The van der Waals surface area contributed by atoms with Gasteiger partial charge in [0.1, 0.15) is 0 Å². The first-order valence-corrected chi connectivity index (χ1v) is 8.04. The summed E-state index contributed by atoms with van der Waals surface area (Å²) in [6.07, 6.45) is 3.68. The van der Waals surface area contributed by atoms with Crippen molar-refractivity contribution >= 4 is 12.0 Å². The molecule has 6 heteroatoms. The lowest BCUT2D eigenvalue weighted by molar-refractivity contribution is -0.138. The van der Waals surface area contributed by atoms with Crippen LogP contribution in [0.25, 0.3) is 0 Å². The van der Waals surface area contributed by atoms with Gasteiger partial charge in [-0.1, -0.05) is 6.42 Å². The third-order valence-corrected chi connectivity index (χ3v) is 4.70. The summed E-state index contributed by atoms with van der Waals surface area (Å²) < 4.78 is 0. The Morgan fingerprint density at radius 3 is 2.71 bits per heavy atom. The summed E-state index contributed by atoms with van der Waals surface area (Å²) in [7, 11) is 0. The molecule has 2 amide bonds. The Hall–Kier alpha value is -1.30. The smallest absolute Gasteiger partial charge is 0.320 e. The molecule has 0 aromatic heterocycles. The summed E-state index contributed by atoms with van der Waals surface area (Å²) in [5.74, 6) is -0.856. The van der Waals surface area contributed by atoms with Crippen LogP contribution in [0.1, 0.15) is 39.5 Å². The summed E-state index contributed by atoms with van der Waals surface area (Å²) in [6.45, 7) is 7.92. The SMILES string of the molecule is CCN(C(=O)N1CCN2CCCCC2C1)C(C)CC(=O)O. The van der Waals surface area contributed by atoms with Crippen LogP contribution in [0, 0.1) is 0 Å². The molecule has 0 spiro atoms. The molecule has 2 atom stereocenters. The molecule has 0 aromatic rings. The molecule has 0 aliphatic carbocycles. The van der Waals surface area contributed by atoms with E-state index in [0.717, 1.165) is 26.2 Å². The van der Waals surface area contributed by atoms with Gasteiger partial charge in [0, 0.05) is 38.3 Å². The normalized spacial score (nSPS) is 24.3. The monoisotopic (exact) mass is 297 g/mol. The Kier molecular flexibility index (Phi) is 5.45. The first kappa shape index (κ1) is 16.1. The van der Waals surface area contributed by atoms with Gasteiger partial charge >= 0.3 is 12.0 Å². The highest BCUT2D eigenvalue weighted by Crippen LogP contribution is 2.22. The van der Waals surface area contributed by atoms with Crippen molar-refractivity contribution in [3.05, 3.63) is 0 Å². The standard InChI is InChI=1S/C15H27N3O3/c1-3-18(12(2)10-14(19)20)15(21)17-9-8-16-7-5-4-6-13(16)11-17/h12-13H,3-11H2,1-2H3,(H,19,20). The van der Waals surface area contributed by atoms with Gasteiger partial charge in [-0.25, -0.2) is 4.79 Å². The van der Waals surface area contributed by atoms with E-state index in [9.17, 15) is 9.59 Å². The highest BCUT2D eigenvalue weighted by Gasteiger charge is 2.33. The second-order valence-electron chi connectivity index (χ2n) is 6.15. The molecule has 2 heterocycles. The van der Waals surface area contributed by atoms with Crippen molar-refractivity contribution in [1.82, 2.24) is 14.7 Å². The Labute approximate surface area is 126 Å². The maximum atomic E-state index is 12.7. The van der Waals surface area contributed by atoms with E-state index >= 15 is 0 Å². The fourth-order valence-corrected chi connectivity index (χ4v) is 3.51. The fraction of sp³-hybridized carbons (Fsp3) is 0.867. The highest BCUT2D eigenvalue weighted by molar-refractivity contribution is 5.76. The van der Waals surface area contributed by atoms with E-state index in [1.807, 2.05) is 18.7 Å². The number of fused-ring (bicyclic) bond motifs is 1. The van der Waals surface area contributed by atoms with Gasteiger partial charge < -0.3 is 14.9 Å². The number of carbonyl (C=O) groups excluding carboxylic acids is 1. The largest absolute Gasteiger partial charge is 0.481 e. The van der Waals surface area contributed by atoms with E-state index in [0.29, 0.717) is 12.6 Å². The van der Waals surface area contributed by atoms with Crippen LogP contribution in [-0.2, 0) is 4.79 Å². The van der Waals surface area contributed by atoms with E-state index in [2.05, 4.69) is 4.90 Å². The van der Waals surface area contributed by atoms with Crippen LogP contribution in [0.5, 0.6) is 0 Å². The van der Waals surface area contributed by atoms with Crippen LogP contribution in [0.3, 0.4) is 0 Å². The van der Waals surface area contributed by atoms with Gasteiger partial charge in [0.2, 0.25) is 0 Å². The van der Waals surface area contributed by atoms with Crippen LogP contribution in [0.4, 0.5) is 4.79 Å². The average Bonchev–Trinajstić information content (AvgIpc) is 2.46. The number of piperidine rings is 1. The number of amides is 2. The number of piperazine rings is 1. The molecule has 2 saturated heterocycles. The number of urea groups is 1. The molecule has 0 radical (unpaired) electrons. The van der Waals surface area contributed by atoms with Crippen molar-refractivity contribution in [2.45, 2.75) is 51.6 Å². The molecule has 0 bridgehead atoms. The lowest BCUT2D eigenvalue weighted by atomic mass is 9.99. The fourth-order valence-electron chi connectivity index (χ4n) is 3.51. The minimum absolute atomic E-state index is 0.00295. The Balaban J connectivity index is 1.96. The van der Waals surface area contributed by atoms with E-state index in [-0.39, 0.29) is 18.5 Å². The average molecular weight is 297 g/mol. The molecule has 2 aliphatic heterocycles. The number of carboxylic acid groups (broad SMARTS) is 1. The molecule has 120 valence electrons. The van der Waals surface area contributed by atoms with Crippen molar-refractivity contribution < 1.29 is 14.7 Å². The van der Waals surface area contributed by atoms with Crippen molar-refractivity contribution in [2.75, 3.05) is 32.7 Å². The zero-order valence-corrected chi connectivity index (χ0v) is 13.1. The van der Waals surface area contributed by atoms with Crippen molar-refractivity contribution in [2.24, 2.45) is 0 Å². The summed E-state index contributed by atoms with van der Waals surface area (Å²) in [4.78, 5) is 29.6. The quantitative estimate of drug-likeness (QED) is 0.853. The van der Waals surface area contributed by atoms with Crippen LogP contribution in [-0.4, -0.2) is 76.6 Å². The Morgan fingerprint density at radius 2 is 2.05 bits per heavy atom. The summed E-state index contributed by atoms with van der Waals surface area (Å²) in [5.41, 5.74) is 0. The Morgan fingerprint density at radius 1 is 1.29 bits per heavy atom. The van der Waals surface area contributed by atoms with Gasteiger partial charge in [-0.3, -0.25) is 9.69 Å². The lowest BCUT2D eigenvalue weighted by Gasteiger charge is -2.45. The molecule has 21 heavy (non-hydrogen) atoms. The second-order valence-corrected chi connectivity index (χ2v) is 6.15. The van der Waals surface area contributed by atoms with E-state index in [1.54, 1.807) is 4.90 Å². The highest BCUT2D eigenvalue weighted by atomic mass is 16.4. The molecule has 6 nitrogen and oxygen atoms in total. The molecule has 2 unspecified atom stereocenters. The van der Waals surface area contributed by atoms with Crippen LogP contribution >= 0.6 is 0 Å². The second kappa shape index (κ2) is 7.11. The lowest BCUT2D eigenvalue weighted by Crippen LogP contribution is -2.59. The maximum Gasteiger partial charge on any atom is 0.320 e. The Bertz CT molecular complexity index is 388. The molecule has 0 aromatic carbocycles. The van der Waals surface area contributed by atoms with E-state index in [1.165, 1.54) is 19.3 Å². The van der Waals surface area contributed by atoms with Crippen LogP contribution < -0.4 is 0 Å². The number of carboxylic acids is 1.